The maximum atomic E-state index is 14.5. The van der Waals surface area contributed by atoms with Gasteiger partial charge in [0.25, 0.3) is 11.8 Å². The quantitative estimate of drug-likeness (QED) is 0.202. The predicted octanol–water partition coefficient (Wildman–Crippen LogP) is 5.96. The number of phenolic OH excluding ortho intramolecular Hbond substituents is 1. The highest BCUT2D eigenvalue weighted by Crippen LogP contribution is 2.66. The summed E-state index contributed by atoms with van der Waals surface area (Å²) in [4.78, 5) is 54.4. The lowest BCUT2D eigenvalue weighted by Crippen LogP contribution is -2.60. The minimum atomic E-state index is -2.14. The highest BCUT2D eigenvalue weighted by Gasteiger charge is 2.76. The molecular formula is C34H26Cl3FN2O6. The third-order valence-electron chi connectivity index (χ3n) is 9.77. The average Bonchev–Trinajstić information content (AvgIpc) is 3.37. The largest absolute Gasteiger partial charge is 0.503 e. The smallest absolute Gasteiger partial charge is 0.258 e. The highest BCUT2D eigenvalue weighted by molar-refractivity contribution is 6.58. The molecule has 4 amide bonds. The van der Waals surface area contributed by atoms with Crippen LogP contribution in [0.4, 0.5) is 10.1 Å². The first-order valence-corrected chi connectivity index (χ1v) is 15.7. The lowest BCUT2D eigenvalue weighted by Gasteiger charge is -2.50. The van der Waals surface area contributed by atoms with Crippen molar-refractivity contribution < 1.29 is 33.4 Å². The number of alkyl halides is 2. The van der Waals surface area contributed by atoms with Crippen molar-refractivity contribution in [2.24, 2.45) is 17.8 Å². The molecule has 0 radical (unpaired) electrons. The first kappa shape index (κ1) is 30.7. The fourth-order valence-electron chi connectivity index (χ4n) is 7.68. The number of rotatable bonds is 5. The molecule has 1 saturated carbocycles. The minimum Gasteiger partial charge on any atom is -0.503 e. The van der Waals surface area contributed by atoms with E-state index in [1.165, 1.54) is 36.3 Å². The molecule has 0 spiro atoms. The number of phenols is 1. The third-order valence-corrected chi connectivity index (χ3v) is 11.5. The number of carbonyl (C=O) groups excluding carboxylic acids is 4. The first-order valence-electron chi connectivity index (χ1n) is 14.6. The number of amides is 4. The van der Waals surface area contributed by atoms with Gasteiger partial charge in [0.05, 0.1) is 36.2 Å². The molecule has 236 valence electrons. The number of methoxy groups -OCH3 is 1. The summed E-state index contributed by atoms with van der Waals surface area (Å²) < 4.78 is 19.2. The van der Waals surface area contributed by atoms with Gasteiger partial charge in [-0.2, -0.15) is 0 Å². The molecule has 0 unspecified atom stereocenters. The molecule has 3 aromatic carbocycles. The summed E-state index contributed by atoms with van der Waals surface area (Å²) in [5.41, 5.74) is 1.72. The Morgan fingerprint density at radius 2 is 1.65 bits per heavy atom. The number of halogens is 4. The van der Waals surface area contributed by atoms with E-state index in [1.807, 2.05) is 30.3 Å². The average molecular weight is 684 g/mol. The van der Waals surface area contributed by atoms with Crippen LogP contribution in [0.3, 0.4) is 0 Å². The van der Waals surface area contributed by atoms with Crippen LogP contribution >= 0.6 is 34.8 Å². The van der Waals surface area contributed by atoms with Crippen molar-refractivity contribution >= 4 is 64.1 Å². The molecule has 0 aromatic heterocycles. The number of anilines is 1. The van der Waals surface area contributed by atoms with Gasteiger partial charge < -0.3 is 9.84 Å². The Balaban J connectivity index is 1.39. The number of aromatic hydroxyl groups is 1. The van der Waals surface area contributed by atoms with Crippen LogP contribution in [0.2, 0.25) is 5.02 Å². The van der Waals surface area contributed by atoms with Gasteiger partial charge in [0, 0.05) is 5.92 Å². The number of imide groups is 2. The van der Waals surface area contributed by atoms with Crippen LogP contribution in [-0.2, 0) is 25.7 Å². The molecule has 7 rings (SSSR count). The van der Waals surface area contributed by atoms with E-state index in [-0.39, 0.29) is 47.5 Å². The van der Waals surface area contributed by atoms with Crippen LogP contribution in [-0.4, -0.2) is 50.5 Å². The zero-order valence-corrected chi connectivity index (χ0v) is 26.5. The SMILES string of the molecule is COc1cc([C@H]2C3=CC[C@@H]4C(=O)N(Cc5ccccc5)C(=O)[C@@H]4[C@@H]3C[C@@]3(Cl)C(=O)N(c4ccc(F)cc4)C(=O)[C@@]23Cl)cc(Cl)c1O. The molecular weight excluding hydrogens is 658 g/mol. The maximum Gasteiger partial charge on any atom is 0.258 e. The van der Waals surface area contributed by atoms with Crippen molar-refractivity contribution in [3.63, 3.8) is 0 Å². The Hall–Kier alpha value is -3.92. The normalized spacial score (nSPS) is 30.2. The first-order chi connectivity index (χ1) is 21.9. The van der Waals surface area contributed by atoms with Gasteiger partial charge in [0.1, 0.15) is 5.82 Å². The summed E-state index contributed by atoms with van der Waals surface area (Å²) in [6, 6.07) is 16.8. The Morgan fingerprint density at radius 3 is 2.33 bits per heavy atom. The molecule has 6 atom stereocenters. The number of hydrogen-bond donors (Lipinski definition) is 1. The molecule has 2 saturated heterocycles. The van der Waals surface area contributed by atoms with Crippen LogP contribution in [0.25, 0.3) is 0 Å². The van der Waals surface area contributed by atoms with E-state index in [9.17, 15) is 28.7 Å². The molecule has 8 nitrogen and oxygen atoms in total. The molecule has 12 heteroatoms. The number of ether oxygens (including phenoxy) is 1. The molecule has 2 aliphatic heterocycles. The Morgan fingerprint density at radius 1 is 0.957 bits per heavy atom. The van der Waals surface area contributed by atoms with Crippen molar-refractivity contribution in [3.05, 3.63) is 100 Å². The van der Waals surface area contributed by atoms with Gasteiger partial charge in [-0.1, -0.05) is 53.6 Å². The Labute approximate surface area is 278 Å². The zero-order chi connectivity index (χ0) is 32.7. The fraction of sp³-hybridized carbons (Fsp3) is 0.294. The molecule has 3 aromatic rings. The summed E-state index contributed by atoms with van der Waals surface area (Å²) in [6.07, 6.45) is 1.78. The number of likely N-dealkylation sites (tertiary alicyclic amines) is 1. The van der Waals surface area contributed by atoms with Crippen molar-refractivity contribution in [1.29, 1.82) is 0 Å². The second kappa shape index (κ2) is 10.8. The standard InChI is InChI=1S/C34H26Cl3FN2O6/c1-46-25-14-18(13-24(35)28(25)41)27-21-11-12-22-26(30(43)39(29(22)42)16-17-5-3-2-4-6-17)23(21)15-33(36)31(44)40(32(45)34(27,33)37)20-9-7-19(38)8-10-20/h2-11,13-14,22-23,26-27,41H,12,15-16H2,1H3/t22-,23+,26-,27-,33+,34-/m0/s1. The van der Waals surface area contributed by atoms with Gasteiger partial charge in [-0.15, -0.1) is 23.2 Å². The van der Waals surface area contributed by atoms with E-state index in [0.717, 1.165) is 22.6 Å². The second-order valence-electron chi connectivity index (χ2n) is 12.1. The number of carbonyl (C=O) groups is 4. The van der Waals surface area contributed by atoms with Crippen LogP contribution in [0.1, 0.15) is 29.9 Å². The summed E-state index contributed by atoms with van der Waals surface area (Å²) in [6.45, 7) is 0.0863. The van der Waals surface area contributed by atoms with Gasteiger partial charge in [-0.25, -0.2) is 9.29 Å². The summed E-state index contributed by atoms with van der Waals surface area (Å²) in [5, 5.41) is 10.4. The summed E-state index contributed by atoms with van der Waals surface area (Å²) in [7, 11) is 1.33. The predicted molar refractivity (Wildman–Crippen MR) is 168 cm³/mol. The highest BCUT2D eigenvalue weighted by atomic mass is 35.5. The maximum absolute atomic E-state index is 14.5. The number of fused-ring (bicyclic) bond motifs is 4. The van der Waals surface area contributed by atoms with E-state index in [2.05, 4.69) is 0 Å². The molecule has 1 N–H and O–H groups in total. The molecule has 3 fully saturated rings. The van der Waals surface area contributed by atoms with Crippen LogP contribution in [0.5, 0.6) is 11.5 Å². The number of nitrogens with zero attached hydrogens (tertiary/aromatic N) is 2. The molecule has 4 aliphatic rings. The Bertz CT molecular complexity index is 1850. The minimum absolute atomic E-state index is 0.00679. The molecule has 2 heterocycles. The third kappa shape index (κ3) is 4.18. The lowest BCUT2D eigenvalue weighted by atomic mass is 9.56. The van der Waals surface area contributed by atoms with E-state index in [0.29, 0.717) is 11.1 Å². The van der Waals surface area contributed by atoms with Gasteiger partial charge in [0.2, 0.25) is 11.8 Å². The monoisotopic (exact) mass is 682 g/mol. The molecule has 0 bridgehead atoms. The van der Waals surface area contributed by atoms with Crippen molar-refractivity contribution in [2.45, 2.75) is 35.1 Å². The molecule has 46 heavy (non-hydrogen) atoms. The topological polar surface area (TPSA) is 104 Å². The van der Waals surface area contributed by atoms with Gasteiger partial charge in [0.15, 0.2) is 21.2 Å². The van der Waals surface area contributed by atoms with E-state index >= 15 is 0 Å². The van der Waals surface area contributed by atoms with Gasteiger partial charge >= 0.3 is 0 Å². The van der Waals surface area contributed by atoms with Gasteiger partial charge in [-0.05, 0) is 66.3 Å². The van der Waals surface area contributed by atoms with E-state index in [1.54, 1.807) is 6.08 Å². The second-order valence-corrected chi connectivity index (χ2v) is 13.7. The number of allylic oxidation sites excluding steroid dienone is 2. The van der Waals surface area contributed by atoms with Crippen LogP contribution in [0, 0.1) is 23.6 Å². The number of hydrogen-bond acceptors (Lipinski definition) is 6. The van der Waals surface area contributed by atoms with E-state index in [4.69, 9.17) is 39.5 Å². The van der Waals surface area contributed by atoms with Crippen molar-refractivity contribution in [3.8, 4) is 11.5 Å². The van der Waals surface area contributed by atoms with Crippen LogP contribution in [0.15, 0.2) is 78.4 Å². The van der Waals surface area contributed by atoms with Gasteiger partial charge in [-0.3, -0.25) is 24.1 Å². The fourth-order valence-corrected chi connectivity index (χ4v) is 8.83. The lowest BCUT2D eigenvalue weighted by molar-refractivity contribution is -0.141. The molecule has 2 aliphatic carbocycles. The zero-order valence-electron chi connectivity index (χ0n) is 24.3. The summed E-state index contributed by atoms with van der Waals surface area (Å²) in [5.74, 6) is -6.77. The van der Waals surface area contributed by atoms with E-state index < -0.39 is 57.0 Å². The van der Waals surface area contributed by atoms with Crippen molar-refractivity contribution in [2.75, 3.05) is 12.0 Å². The van der Waals surface area contributed by atoms with Crippen molar-refractivity contribution in [1.82, 2.24) is 4.90 Å². The summed E-state index contributed by atoms with van der Waals surface area (Å²) >= 11 is 21.2. The number of benzene rings is 3. The Kier molecular flexibility index (Phi) is 7.23. The van der Waals surface area contributed by atoms with Crippen LogP contribution < -0.4 is 9.64 Å².